The molecule has 3 rings (SSSR count). The Balaban J connectivity index is 1.67. The Bertz CT molecular complexity index is 731. The van der Waals surface area contributed by atoms with Crippen LogP contribution in [0.1, 0.15) is 30.2 Å². The van der Waals surface area contributed by atoms with Crippen LogP contribution in [0.25, 0.3) is 0 Å². The van der Waals surface area contributed by atoms with Gasteiger partial charge in [0.15, 0.2) is 0 Å². The largest absolute Gasteiger partial charge is 0.494 e. The van der Waals surface area contributed by atoms with Crippen molar-refractivity contribution in [2.45, 2.75) is 39.4 Å². The highest BCUT2D eigenvalue weighted by atomic mass is 16.5. The highest BCUT2D eigenvalue weighted by Gasteiger charge is 2.27. The summed E-state index contributed by atoms with van der Waals surface area (Å²) in [4.78, 5) is 4.97. The monoisotopic (exact) mass is 372 g/mol. The average molecular weight is 373 g/mol. The molecule has 1 aromatic heterocycles. The Hall–Kier alpha value is -1.89. The van der Waals surface area contributed by atoms with Crippen LogP contribution in [0, 0.1) is 6.92 Å². The van der Waals surface area contributed by atoms with Crippen molar-refractivity contribution < 1.29 is 9.84 Å². The quantitative estimate of drug-likeness (QED) is 0.770. The summed E-state index contributed by atoms with van der Waals surface area (Å²) in [6.45, 7) is 9.79. The van der Waals surface area contributed by atoms with Gasteiger partial charge in [-0.2, -0.15) is 5.10 Å². The van der Waals surface area contributed by atoms with Crippen molar-refractivity contribution in [1.29, 1.82) is 0 Å². The third-order valence-corrected chi connectivity index (χ3v) is 5.53. The minimum atomic E-state index is 0.216. The molecule has 0 bridgehead atoms. The number of ether oxygens (including phenoxy) is 1. The van der Waals surface area contributed by atoms with E-state index in [0.717, 1.165) is 44.9 Å². The van der Waals surface area contributed by atoms with Gasteiger partial charge in [0.05, 0.1) is 12.8 Å². The summed E-state index contributed by atoms with van der Waals surface area (Å²) in [6.07, 6.45) is 2.76. The van der Waals surface area contributed by atoms with E-state index >= 15 is 0 Å². The van der Waals surface area contributed by atoms with Crippen LogP contribution in [0.2, 0.25) is 0 Å². The number of para-hydroxylation sites is 1. The molecule has 0 unspecified atom stereocenters. The fraction of sp³-hybridized carbons (Fsp3) is 0.571. The van der Waals surface area contributed by atoms with Crippen molar-refractivity contribution in [1.82, 2.24) is 19.6 Å². The van der Waals surface area contributed by atoms with Gasteiger partial charge < -0.3 is 9.84 Å². The van der Waals surface area contributed by atoms with Crippen LogP contribution in [0.3, 0.4) is 0 Å². The molecule has 6 heteroatoms. The second-order valence-corrected chi connectivity index (χ2v) is 7.29. The molecule has 1 N–H and O–H groups in total. The molecule has 1 aliphatic rings. The molecule has 1 saturated heterocycles. The molecule has 148 valence electrons. The van der Waals surface area contributed by atoms with Gasteiger partial charge in [0.1, 0.15) is 5.75 Å². The predicted molar refractivity (Wildman–Crippen MR) is 107 cm³/mol. The number of benzene rings is 1. The zero-order chi connectivity index (χ0) is 19.2. The third kappa shape index (κ3) is 4.89. The van der Waals surface area contributed by atoms with Gasteiger partial charge in [0.2, 0.25) is 0 Å². The van der Waals surface area contributed by atoms with E-state index in [0.29, 0.717) is 12.6 Å². The fourth-order valence-corrected chi connectivity index (χ4v) is 3.82. The number of aliphatic hydroxyl groups is 1. The number of rotatable bonds is 8. The van der Waals surface area contributed by atoms with E-state index in [9.17, 15) is 5.11 Å². The average Bonchev–Trinajstić information content (AvgIpc) is 2.98. The number of hydrogen-bond donors (Lipinski definition) is 1. The Labute approximate surface area is 162 Å². The number of aryl methyl sites for hydroxylation is 1. The highest BCUT2D eigenvalue weighted by Crippen LogP contribution is 2.24. The first-order valence-electron chi connectivity index (χ1n) is 9.87. The molecule has 27 heavy (non-hydrogen) atoms. The fourth-order valence-electron chi connectivity index (χ4n) is 3.82. The van der Waals surface area contributed by atoms with Crippen LogP contribution in [-0.2, 0) is 20.1 Å². The van der Waals surface area contributed by atoms with Gasteiger partial charge in [-0.15, -0.1) is 0 Å². The SMILES string of the molecule is CCOc1ccccc1CN1CCN(Cc2cnn(C)c2C)C[C@H]1CCO. The Morgan fingerprint density at radius 1 is 1.19 bits per heavy atom. The summed E-state index contributed by atoms with van der Waals surface area (Å²) >= 11 is 0. The number of hydrogen-bond acceptors (Lipinski definition) is 5. The summed E-state index contributed by atoms with van der Waals surface area (Å²) in [6, 6.07) is 8.62. The van der Waals surface area contributed by atoms with Crippen LogP contribution in [0.15, 0.2) is 30.5 Å². The molecule has 1 aromatic carbocycles. The first-order chi connectivity index (χ1) is 13.1. The second kappa shape index (κ2) is 9.35. The second-order valence-electron chi connectivity index (χ2n) is 7.29. The van der Waals surface area contributed by atoms with E-state index in [1.807, 2.05) is 37.0 Å². The maximum absolute atomic E-state index is 9.58. The Morgan fingerprint density at radius 2 is 2.00 bits per heavy atom. The molecule has 0 aliphatic carbocycles. The standard InChI is InChI=1S/C21H32N4O2/c1-4-27-21-8-6-5-7-18(21)15-25-11-10-24(16-20(25)9-12-26)14-19-13-22-23(3)17(19)2/h5-8,13,20,26H,4,9-12,14-16H2,1-3H3/t20-/m1/s1. The van der Waals surface area contributed by atoms with Crippen LogP contribution in [-0.4, -0.2) is 63.6 Å². The molecule has 0 amide bonds. The van der Waals surface area contributed by atoms with E-state index in [4.69, 9.17) is 4.74 Å². The van der Waals surface area contributed by atoms with Crippen molar-refractivity contribution in [3.05, 3.63) is 47.3 Å². The van der Waals surface area contributed by atoms with Gasteiger partial charge in [0, 0.05) is 69.2 Å². The topological polar surface area (TPSA) is 53.8 Å². The summed E-state index contributed by atoms with van der Waals surface area (Å²) in [5.41, 5.74) is 3.73. The normalized spacial score (nSPS) is 18.7. The van der Waals surface area contributed by atoms with Gasteiger partial charge in [-0.25, -0.2) is 0 Å². The van der Waals surface area contributed by atoms with Crippen molar-refractivity contribution >= 4 is 0 Å². The predicted octanol–water partition coefficient (Wildman–Crippen LogP) is 2.20. The molecule has 1 aliphatic heterocycles. The van der Waals surface area contributed by atoms with Crippen molar-refractivity contribution in [2.24, 2.45) is 7.05 Å². The van der Waals surface area contributed by atoms with Crippen molar-refractivity contribution in [3.63, 3.8) is 0 Å². The lowest BCUT2D eigenvalue weighted by molar-refractivity contribution is 0.0493. The molecule has 6 nitrogen and oxygen atoms in total. The lowest BCUT2D eigenvalue weighted by Crippen LogP contribution is -2.52. The van der Waals surface area contributed by atoms with Gasteiger partial charge in [0.25, 0.3) is 0 Å². The van der Waals surface area contributed by atoms with Crippen LogP contribution in [0.4, 0.5) is 0 Å². The summed E-state index contributed by atoms with van der Waals surface area (Å²) < 4.78 is 7.73. The van der Waals surface area contributed by atoms with E-state index < -0.39 is 0 Å². The maximum atomic E-state index is 9.58. The highest BCUT2D eigenvalue weighted by molar-refractivity contribution is 5.33. The van der Waals surface area contributed by atoms with Crippen LogP contribution in [0.5, 0.6) is 5.75 Å². The first-order valence-corrected chi connectivity index (χ1v) is 9.87. The number of nitrogens with zero attached hydrogens (tertiary/aromatic N) is 4. The summed E-state index contributed by atoms with van der Waals surface area (Å²) in [5, 5.41) is 13.9. The maximum Gasteiger partial charge on any atom is 0.123 e. The molecule has 2 aromatic rings. The zero-order valence-electron chi connectivity index (χ0n) is 16.8. The number of aliphatic hydroxyl groups excluding tert-OH is 1. The van der Waals surface area contributed by atoms with E-state index in [-0.39, 0.29) is 6.61 Å². The molecule has 1 atom stereocenters. The molecule has 1 fully saturated rings. The van der Waals surface area contributed by atoms with Gasteiger partial charge in [-0.1, -0.05) is 18.2 Å². The number of aromatic nitrogens is 2. The van der Waals surface area contributed by atoms with E-state index in [2.05, 4.69) is 34.0 Å². The minimum Gasteiger partial charge on any atom is -0.494 e. The van der Waals surface area contributed by atoms with Crippen molar-refractivity contribution in [3.8, 4) is 5.75 Å². The molecular formula is C21H32N4O2. The van der Waals surface area contributed by atoms with Gasteiger partial charge >= 0.3 is 0 Å². The number of piperazine rings is 1. The van der Waals surface area contributed by atoms with Crippen molar-refractivity contribution in [2.75, 3.05) is 32.8 Å². The van der Waals surface area contributed by atoms with E-state index in [1.165, 1.54) is 16.8 Å². The van der Waals surface area contributed by atoms with Gasteiger partial charge in [-0.05, 0) is 26.3 Å². The third-order valence-electron chi connectivity index (χ3n) is 5.53. The lowest BCUT2D eigenvalue weighted by atomic mass is 10.1. The van der Waals surface area contributed by atoms with Crippen LogP contribution < -0.4 is 4.74 Å². The summed E-state index contributed by atoms with van der Waals surface area (Å²) in [5.74, 6) is 0.969. The Morgan fingerprint density at radius 3 is 2.70 bits per heavy atom. The molecular weight excluding hydrogens is 340 g/mol. The molecule has 0 spiro atoms. The first kappa shape index (κ1) is 19.9. The molecule has 0 saturated carbocycles. The van der Waals surface area contributed by atoms with Gasteiger partial charge in [-0.3, -0.25) is 14.5 Å². The van der Waals surface area contributed by atoms with Crippen LogP contribution >= 0.6 is 0 Å². The minimum absolute atomic E-state index is 0.216. The summed E-state index contributed by atoms with van der Waals surface area (Å²) in [7, 11) is 1.99. The molecule has 0 radical (unpaired) electrons. The Kier molecular flexibility index (Phi) is 6.88. The smallest absolute Gasteiger partial charge is 0.123 e. The zero-order valence-corrected chi connectivity index (χ0v) is 16.8. The molecule has 2 heterocycles. The lowest BCUT2D eigenvalue weighted by Gasteiger charge is -2.41. The van der Waals surface area contributed by atoms with E-state index in [1.54, 1.807) is 0 Å².